The second-order valence-corrected chi connectivity index (χ2v) is 8.96. The summed E-state index contributed by atoms with van der Waals surface area (Å²) >= 11 is 9.95. The number of nitrogens with one attached hydrogen (secondary N) is 3. The van der Waals surface area contributed by atoms with Crippen molar-refractivity contribution in [1.29, 1.82) is 0 Å². The van der Waals surface area contributed by atoms with Crippen LogP contribution in [-0.2, 0) is 0 Å². The number of aromatic amines is 1. The number of hydrogen-bond donors (Lipinski definition) is 3. The number of aromatic nitrogens is 1. The van der Waals surface area contributed by atoms with Gasteiger partial charge < -0.3 is 20.4 Å². The zero-order valence-corrected chi connectivity index (χ0v) is 18.2. The normalized spacial score (nSPS) is 16.1. The van der Waals surface area contributed by atoms with Crippen LogP contribution in [0.5, 0.6) is 5.75 Å². The van der Waals surface area contributed by atoms with Gasteiger partial charge in [-0.25, -0.2) is 0 Å². The lowest BCUT2D eigenvalue weighted by Gasteiger charge is -2.28. The summed E-state index contributed by atoms with van der Waals surface area (Å²) in [5.74, 6) is 1.71. The van der Waals surface area contributed by atoms with E-state index in [4.69, 9.17) is 16.3 Å². The number of ether oxygens (including phenoxy) is 1. The van der Waals surface area contributed by atoms with Crippen LogP contribution in [-0.4, -0.2) is 24.7 Å². The van der Waals surface area contributed by atoms with Gasteiger partial charge in [0.05, 0.1) is 20.4 Å². The maximum Gasteiger partial charge on any atom is 0.201 e. The molecule has 27 heavy (non-hydrogen) atoms. The van der Waals surface area contributed by atoms with Crippen LogP contribution in [0.3, 0.4) is 0 Å². The van der Waals surface area contributed by atoms with Crippen LogP contribution in [0, 0.1) is 3.57 Å². The molecule has 0 radical (unpaired) electrons. The van der Waals surface area contributed by atoms with Crippen molar-refractivity contribution in [3.05, 3.63) is 54.0 Å². The van der Waals surface area contributed by atoms with Gasteiger partial charge in [0.25, 0.3) is 0 Å². The van der Waals surface area contributed by atoms with E-state index in [1.807, 2.05) is 23.6 Å². The first-order valence-electron chi connectivity index (χ1n) is 8.81. The van der Waals surface area contributed by atoms with E-state index in [2.05, 4.69) is 38.2 Å². The molecule has 1 atom stereocenters. The summed E-state index contributed by atoms with van der Waals surface area (Å²) in [4.78, 5) is 15.3. The first-order chi connectivity index (χ1) is 13.1. The van der Waals surface area contributed by atoms with Gasteiger partial charge in [-0.1, -0.05) is 11.6 Å². The second-order valence-electron chi connectivity index (χ2n) is 6.44. The minimum absolute atomic E-state index is 0.0599. The summed E-state index contributed by atoms with van der Waals surface area (Å²) in [6, 6.07) is 7.74. The highest BCUT2D eigenvalue weighted by Crippen LogP contribution is 2.37. The quantitative estimate of drug-likeness (QED) is 0.327. The smallest absolute Gasteiger partial charge is 0.201 e. The van der Waals surface area contributed by atoms with E-state index in [0.717, 1.165) is 61.9 Å². The predicted molar refractivity (Wildman–Crippen MR) is 121 cm³/mol. The topological polar surface area (TPSA) is 66.2 Å². The number of halogens is 2. The molecule has 0 aliphatic carbocycles. The number of H-pyrrole nitrogens is 1. The summed E-state index contributed by atoms with van der Waals surface area (Å²) < 4.78 is 7.64. The Kier molecular flexibility index (Phi) is 5.91. The average Bonchev–Trinajstić information content (AvgIpc) is 3.11. The lowest BCUT2D eigenvalue weighted by Crippen LogP contribution is -2.29. The van der Waals surface area contributed by atoms with E-state index in [-0.39, 0.29) is 11.5 Å². The largest absolute Gasteiger partial charge is 0.492 e. The summed E-state index contributed by atoms with van der Waals surface area (Å²) in [6.07, 6.45) is 1.87. The van der Waals surface area contributed by atoms with E-state index < -0.39 is 0 Å². The average molecular weight is 516 g/mol. The molecular formula is C19H19ClIN3O2S. The summed E-state index contributed by atoms with van der Waals surface area (Å²) in [5, 5.41) is 9.57. The molecule has 2 aromatic heterocycles. The van der Waals surface area contributed by atoms with Crippen LogP contribution >= 0.6 is 45.5 Å². The van der Waals surface area contributed by atoms with Crippen LogP contribution in [0.15, 0.2) is 34.4 Å². The van der Waals surface area contributed by atoms with Crippen molar-refractivity contribution in [3.63, 3.8) is 0 Å². The van der Waals surface area contributed by atoms with Gasteiger partial charge in [-0.15, -0.1) is 11.3 Å². The maximum atomic E-state index is 12.0. The van der Waals surface area contributed by atoms with Crippen molar-refractivity contribution < 1.29 is 4.74 Å². The lowest BCUT2D eigenvalue weighted by molar-refractivity contribution is 0.251. The Labute approximate surface area is 179 Å². The van der Waals surface area contributed by atoms with Crippen LogP contribution < -0.4 is 20.8 Å². The van der Waals surface area contributed by atoms with Gasteiger partial charge in [0, 0.05) is 35.7 Å². The summed E-state index contributed by atoms with van der Waals surface area (Å²) in [5.41, 5.74) is 2.08. The van der Waals surface area contributed by atoms with Crippen LogP contribution in [0.1, 0.15) is 24.4 Å². The molecular weight excluding hydrogens is 497 g/mol. The van der Waals surface area contributed by atoms with E-state index in [0.29, 0.717) is 6.61 Å². The third-order valence-electron chi connectivity index (χ3n) is 4.56. The fourth-order valence-electron chi connectivity index (χ4n) is 3.30. The van der Waals surface area contributed by atoms with Crippen LogP contribution in [0.25, 0.3) is 10.2 Å². The molecule has 0 bridgehead atoms. The van der Waals surface area contributed by atoms with Crippen molar-refractivity contribution in [2.75, 3.05) is 25.0 Å². The van der Waals surface area contributed by atoms with Gasteiger partial charge in [0.15, 0.2) is 0 Å². The molecule has 0 amide bonds. The third-order valence-corrected chi connectivity index (χ3v) is 6.51. The molecule has 3 aromatic rings. The molecule has 8 heteroatoms. The molecule has 3 heterocycles. The fraction of sp³-hybridized carbons (Fsp3) is 0.316. The van der Waals surface area contributed by atoms with Crippen molar-refractivity contribution in [1.82, 2.24) is 10.3 Å². The van der Waals surface area contributed by atoms with E-state index in [1.54, 1.807) is 6.07 Å². The van der Waals surface area contributed by atoms with Crippen molar-refractivity contribution in [2.45, 2.75) is 18.9 Å². The Hall–Kier alpha value is -1.29. The zero-order valence-electron chi connectivity index (χ0n) is 14.5. The number of pyridine rings is 1. The van der Waals surface area contributed by atoms with Gasteiger partial charge in [-0.3, -0.25) is 4.79 Å². The summed E-state index contributed by atoms with van der Waals surface area (Å²) in [6.45, 7) is 2.36. The van der Waals surface area contributed by atoms with Crippen LogP contribution in [0.2, 0.25) is 5.02 Å². The number of rotatable bonds is 6. The molecule has 0 spiro atoms. The molecule has 3 N–H and O–H groups in total. The predicted octanol–water partition coefficient (Wildman–Crippen LogP) is 4.76. The Morgan fingerprint density at radius 2 is 2.22 bits per heavy atom. The molecule has 0 fully saturated rings. The number of benzene rings is 1. The lowest BCUT2D eigenvalue weighted by atomic mass is 10.0. The van der Waals surface area contributed by atoms with Crippen molar-refractivity contribution >= 4 is 61.6 Å². The molecule has 1 aromatic carbocycles. The standard InChI is InChI=1S/C19H19ClIN3O2S/c20-11-8-12-14(2-6-26-18(12)13(21)9-11)22-4-1-5-23-17-10-16(25)19-15(24-17)3-7-27-19/h3,7-10,14,22H,1-2,4-6H2,(H2,23,24,25). The third kappa shape index (κ3) is 4.26. The van der Waals surface area contributed by atoms with Gasteiger partial charge in [-0.05, 0) is 59.1 Å². The Bertz CT molecular complexity index is 1020. The van der Waals surface area contributed by atoms with E-state index in [1.165, 1.54) is 11.3 Å². The number of hydrogen-bond acceptors (Lipinski definition) is 5. The molecule has 1 unspecified atom stereocenters. The first kappa shape index (κ1) is 19.0. The Morgan fingerprint density at radius 3 is 3.11 bits per heavy atom. The number of fused-ring (bicyclic) bond motifs is 2. The fourth-order valence-corrected chi connectivity index (χ4v) is 5.27. The Morgan fingerprint density at radius 1 is 1.33 bits per heavy atom. The van der Waals surface area contributed by atoms with Gasteiger partial charge >= 0.3 is 0 Å². The molecule has 1 aliphatic heterocycles. The monoisotopic (exact) mass is 515 g/mol. The molecule has 0 saturated heterocycles. The van der Waals surface area contributed by atoms with Crippen molar-refractivity contribution in [3.8, 4) is 5.75 Å². The van der Waals surface area contributed by atoms with Crippen LogP contribution in [0.4, 0.5) is 5.82 Å². The highest BCUT2D eigenvalue weighted by atomic mass is 127. The number of thiophene rings is 1. The van der Waals surface area contributed by atoms with E-state index >= 15 is 0 Å². The maximum absolute atomic E-state index is 12.0. The zero-order chi connectivity index (χ0) is 18.8. The molecule has 142 valence electrons. The molecule has 4 rings (SSSR count). The van der Waals surface area contributed by atoms with Gasteiger partial charge in [0.1, 0.15) is 11.6 Å². The minimum atomic E-state index is 0.0599. The van der Waals surface area contributed by atoms with Gasteiger partial charge in [-0.2, -0.15) is 0 Å². The highest BCUT2D eigenvalue weighted by Gasteiger charge is 2.23. The molecule has 0 saturated carbocycles. The SMILES string of the molecule is O=c1cc(NCCCNC2CCOc3c(I)cc(Cl)cc32)[nH]c2ccsc12. The molecule has 1 aliphatic rings. The Balaban J connectivity index is 1.31. The van der Waals surface area contributed by atoms with Gasteiger partial charge in [0.2, 0.25) is 5.43 Å². The highest BCUT2D eigenvalue weighted by molar-refractivity contribution is 14.1. The van der Waals surface area contributed by atoms with Crippen molar-refractivity contribution in [2.24, 2.45) is 0 Å². The summed E-state index contributed by atoms with van der Waals surface area (Å²) in [7, 11) is 0. The molecule has 5 nitrogen and oxygen atoms in total. The number of anilines is 1. The van der Waals surface area contributed by atoms with E-state index in [9.17, 15) is 4.79 Å². The minimum Gasteiger partial charge on any atom is -0.492 e. The first-order valence-corrected chi connectivity index (χ1v) is 11.1. The second kappa shape index (κ2) is 8.38.